The molecule has 0 aromatic heterocycles. The lowest BCUT2D eigenvalue weighted by Crippen LogP contribution is -2.29. The van der Waals surface area contributed by atoms with Gasteiger partial charge in [0.25, 0.3) is 0 Å². The summed E-state index contributed by atoms with van der Waals surface area (Å²) in [6.45, 7) is 0.342. The van der Waals surface area contributed by atoms with Gasteiger partial charge in [0.1, 0.15) is 7.85 Å². The summed E-state index contributed by atoms with van der Waals surface area (Å²) in [6.07, 6.45) is -0.216. The van der Waals surface area contributed by atoms with Crippen LogP contribution in [0.2, 0.25) is 0 Å². The van der Waals surface area contributed by atoms with E-state index in [4.69, 9.17) is 23.4 Å². The Hall–Kier alpha value is -0.0551. The Kier molecular flexibility index (Phi) is 2.11. The number of rotatable bonds is 1. The molecule has 9 heavy (non-hydrogen) atoms. The van der Waals surface area contributed by atoms with Gasteiger partial charge in [0, 0.05) is 12.5 Å². The Morgan fingerprint density at radius 1 is 1.78 bits per heavy atom. The average molecular weight is 127 g/mol. The van der Waals surface area contributed by atoms with E-state index < -0.39 is 6.10 Å². The number of ether oxygens (including phenoxy) is 1. The van der Waals surface area contributed by atoms with Crippen LogP contribution in [-0.2, 0) is 4.74 Å². The molecule has 0 aromatic carbocycles. The lowest BCUT2D eigenvalue weighted by atomic mass is 9.96. The highest BCUT2D eigenvalue weighted by atomic mass is 16.5. The Labute approximate surface area is 55.6 Å². The van der Waals surface area contributed by atoms with Gasteiger partial charge in [0.05, 0.1) is 12.2 Å². The number of hydrogen-bond acceptors (Lipinski definition) is 3. The summed E-state index contributed by atoms with van der Waals surface area (Å²) >= 11 is 0. The first-order valence-corrected chi connectivity index (χ1v) is 3.03. The monoisotopic (exact) mass is 127 g/mol. The lowest BCUT2D eigenvalue weighted by molar-refractivity contribution is 0.0389. The molecule has 3 nitrogen and oxygen atoms in total. The minimum atomic E-state index is -0.468. The van der Waals surface area contributed by atoms with Crippen LogP contribution in [0.5, 0.6) is 0 Å². The highest BCUT2D eigenvalue weighted by Gasteiger charge is 2.29. The van der Waals surface area contributed by atoms with Crippen molar-refractivity contribution in [2.24, 2.45) is 5.73 Å². The fraction of sp³-hybridized carbons (Fsp3) is 1.00. The molecule has 1 aliphatic heterocycles. The van der Waals surface area contributed by atoms with Crippen molar-refractivity contribution in [3.63, 3.8) is 0 Å². The van der Waals surface area contributed by atoms with Crippen molar-refractivity contribution in [2.75, 3.05) is 6.54 Å². The fourth-order valence-corrected chi connectivity index (χ4v) is 0.973. The molecule has 1 heterocycles. The summed E-state index contributed by atoms with van der Waals surface area (Å²) in [4.78, 5) is 0. The second-order valence-corrected chi connectivity index (χ2v) is 2.25. The predicted octanol–water partition coefficient (Wildman–Crippen LogP) is -1.41. The summed E-state index contributed by atoms with van der Waals surface area (Å²) in [5.74, 6) is 0. The maximum Gasteiger partial charge on any atom is 0.109 e. The molecule has 0 spiro atoms. The smallest absolute Gasteiger partial charge is 0.109 e. The van der Waals surface area contributed by atoms with Crippen molar-refractivity contribution in [3.8, 4) is 0 Å². The highest BCUT2D eigenvalue weighted by Crippen LogP contribution is 2.16. The molecule has 3 N–H and O–H groups in total. The van der Waals surface area contributed by atoms with Crippen LogP contribution in [0.15, 0.2) is 0 Å². The van der Waals surface area contributed by atoms with Crippen molar-refractivity contribution >= 4 is 7.85 Å². The van der Waals surface area contributed by atoms with E-state index in [1.807, 2.05) is 0 Å². The normalized spacial score (nSPS) is 43.6. The number of aliphatic hydroxyl groups is 1. The first-order chi connectivity index (χ1) is 4.24. The lowest BCUT2D eigenvalue weighted by Gasteiger charge is -2.09. The van der Waals surface area contributed by atoms with Gasteiger partial charge in [0.2, 0.25) is 0 Å². The number of nitrogens with two attached hydrogens (primary N) is 1. The molecule has 3 unspecified atom stereocenters. The molecule has 1 rings (SSSR count). The largest absolute Gasteiger partial charge is 0.390 e. The second-order valence-electron chi connectivity index (χ2n) is 2.25. The first kappa shape index (κ1) is 7.06. The Balaban J connectivity index is 2.38. The molecule has 0 aliphatic carbocycles. The third-order valence-corrected chi connectivity index (χ3v) is 1.48. The number of aliphatic hydroxyl groups excluding tert-OH is 1. The summed E-state index contributed by atoms with van der Waals surface area (Å²) < 4.78 is 5.03. The van der Waals surface area contributed by atoms with Crippen LogP contribution in [-0.4, -0.2) is 37.7 Å². The molecule has 3 atom stereocenters. The van der Waals surface area contributed by atoms with Crippen LogP contribution < -0.4 is 5.73 Å². The molecule has 1 fully saturated rings. The average Bonchev–Trinajstić information content (AvgIpc) is 2.10. The van der Waals surface area contributed by atoms with E-state index in [9.17, 15) is 0 Å². The topological polar surface area (TPSA) is 55.5 Å². The standard InChI is InChI=1S/C5H10BNO2/c6-5-1-3(8)4(2-7)9-5/h3-5,8H,1-2,7H2. The van der Waals surface area contributed by atoms with Gasteiger partial charge < -0.3 is 15.6 Å². The Morgan fingerprint density at radius 2 is 2.44 bits per heavy atom. The van der Waals surface area contributed by atoms with Gasteiger partial charge in [-0.25, -0.2) is 0 Å². The van der Waals surface area contributed by atoms with Crippen molar-refractivity contribution < 1.29 is 9.84 Å². The zero-order valence-electron chi connectivity index (χ0n) is 5.16. The van der Waals surface area contributed by atoms with E-state index in [1.54, 1.807) is 0 Å². The van der Waals surface area contributed by atoms with Gasteiger partial charge in [-0.1, -0.05) is 0 Å². The van der Waals surface area contributed by atoms with Crippen molar-refractivity contribution in [1.29, 1.82) is 0 Å². The molecule has 1 saturated heterocycles. The van der Waals surface area contributed by atoms with Crippen LogP contribution in [0.3, 0.4) is 0 Å². The van der Waals surface area contributed by atoms with E-state index in [-0.39, 0.29) is 12.1 Å². The third kappa shape index (κ3) is 1.44. The number of hydrogen-bond donors (Lipinski definition) is 2. The molecule has 50 valence electrons. The van der Waals surface area contributed by atoms with Gasteiger partial charge in [-0.2, -0.15) is 0 Å². The molecule has 1 aliphatic rings. The van der Waals surface area contributed by atoms with Crippen molar-refractivity contribution in [1.82, 2.24) is 0 Å². The molecule has 0 aromatic rings. The minimum Gasteiger partial charge on any atom is -0.390 e. The zero-order chi connectivity index (χ0) is 6.85. The van der Waals surface area contributed by atoms with Crippen molar-refractivity contribution in [2.45, 2.75) is 24.6 Å². The van der Waals surface area contributed by atoms with Crippen LogP contribution >= 0.6 is 0 Å². The van der Waals surface area contributed by atoms with Gasteiger partial charge in [-0.15, -0.1) is 0 Å². The SMILES string of the molecule is [B]C1CC(O)C(CN)O1. The van der Waals surface area contributed by atoms with Gasteiger partial charge in [0.15, 0.2) is 0 Å². The second kappa shape index (κ2) is 2.69. The molecular weight excluding hydrogens is 117 g/mol. The summed E-state index contributed by atoms with van der Waals surface area (Å²) in [5.41, 5.74) is 5.25. The van der Waals surface area contributed by atoms with E-state index >= 15 is 0 Å². The predicted molar refractivity (Wildman–Crippen MR) is 34.1 cm³/mol. The maximum absolute atomic E-state index is 9.07. The van der Waals surface area contributed by atoms with Crippen LogP contribution in [0, 0.1) is 0 Å². The molecule has 2 radical (unpaired) electrons. The molecule has 0 saturated carbocycles. The zero-order valence-corrected chi connectivity index (χ0v) is 5.16. The summed E-state index contributed by atoms with van der Waals surface area (Å²) in [5, 5.41) is 9.07. The van der Waals surface area contributed by atoms with E-state index in [0.29, 0.717) is 13.0 Å². The molecule has 0 amide bonds. The van der Waals surface area contributed by atoms with Crippen molar-refractivity contribution in [3.05, 3.63) is 0 Å². The maximum atomic E-state index is 9.07. The fourth-order valence-electron chi connectivity index (χ4n) is 0.973. The minimum absolute atomic E-state index is 0.250. The summed E-state index contributed by atoms with van der Waals surface area (Å²) in [6, 6.07) is -0.325. The Morgan fingerprint density at radius 3 is 2.67 bits per heavy atom. The van der Waals surface area contributed by atoms with E-state index in [1.165, 1.54) is 0 Å². The molecular formula is C5H10BNO2. The Bertz CT molecular complexity index is 101. The summed E-state index contributed by atoms with van der Waals surface area (Å²) in [7, 11) is 5.35. The van der Waals surface area contributed by atoms with Gasteiger partial charge >= 0.3 is 0 Å². The first-order valence-electron chi connectivity index (χ1n) is 3.03. The quantitative estimate of drug-likeness (QED) is 0.425. The van der Waals surface area contributed by atoms with E-state index in [0.717, 1.165) is 0 Å². The van der Waals surface area contributed by atoms with Gasteiger partial charge in [-0.05, 0) is 6.42 Å². The molecule has 0 bridgehead atoms. The highest BCUT2D eigenvalue weighted by molar-refractivity contribution is 6.11. The molecule has 4 heteroatoms. The van der Waals surface area contributed by atoms with Crippen LogP contribution in [0.4, 0.5) is 0 Å². The van der Waals surface area contributed by atoms with E-state index in [2.05, 4.69) is 0 Å². The third-order valence-electron chi connectivity index (χ3n) is 1.48. The van der Waals surface area contributed by atoms with Crippen LogP contribution in [0.1, 0.15) is 6.42 Å². The van der Waals surface area contributed by atoms with Crippen LogP contribution in [0.25, 0.3) is 0 Å². The van der Waals surface area contributed by atoms with Gasteiger partial charge in [-0.3, -0.25) is 0 Å².